The molecule has 1 nitrogen and oxygen atoms in total. The average Bonchev–Trinajstić information content (AvgIpc) is 2.85. The maximum atomic E-state index is 12.4. The minimum Gasteiger partial charge on any atom is -0.190 e. The SMILES string of the molecule is [O]C(Cl)(Cl)C(Cl)(Cl)C(Cl)(Cl)C(Cl)(Cl)C(Cl)(Cl)C(Cl)(Cl)C(Cl)(Cl)C(Cl)(Cl)C(Cl)(Cl)C(Cl)(Cl)C(Cl)(Cl)C(Cl)(Cl)C(Cl)(Cl)C(Cl)(Cl)C(Cl)(Cl)C(Cl)(Cl)Cl. The molecule has 0 saturated carbocycles. The van der Waals surface area contributed by atoms with Crippen LogP contribution in [0.4, 0.5) is 0 Å². The van der Waals surface area contributed by atoms with Crippen molar-refractivity contribution in [2.75, 3.05) is 0 Å². The molecule has 0 rings (SSSR count). The van der Waals surface area contributed by atoms with E-state index in [1.54, 1.807) is 0 Å². The monoisotopic (exact) mass is 1360 g/mol. The van der Waals surface area contributed by atoms with Gasteiger partial charge in [0.2, 0.25) is 12.5 Å². The summed E-state index contributed by atoms with van der Waals surface area (Å²) in [5.74, 6) is 0. The quantitative estimate of drug-likeness (QED) is 0.155. The molecule has 50 heavy (non-hydrogen) atoms. The number of alkyl halides is 33. The van der Waals surface area contributed by atoms with Crippen molar-refractivity contribution in [2.45, 2.75) is 69.0 Å². The molecule has 0 spiro atoms. The predicted octanol–water partition coefficient (Wildman–Crippen LogP) is 19.4. The number of hydrogen-bond acceptors (Lipinski definition) is 0. The van der Waals surface area contributed by atoms with E-state index in [9.17, 15) is 5.11 Å². The normalized spacial score (nSPS) is 17.4. The lowest BCUT2D eigenvalue weighted by Gasteiger charge is -2.58. The Hall–Kier alpha value is 9.53. The fraction of sp³-hybridized carbons (Fsp3) is 1.00. The molecule has 0 fully saturated rings. The molecular weight excluding hydrogens is 1380 g/mol. The maximum Gasteiger partial charge on any atom is 0.286 e. The first-order valence-corrected chi connectivity index (χ1v) is 22.7. The van der Waals surface area contributed by atoms with Crippen LogP contribution in [0.2, 0.25) is 0 Å². The number of rotatable bonds is 14. The highest BCUT2D eigenvalue weighted by molar-refractivity contribution is 6.85. The second-order valence-electron chi connectivity index (χ2n) is 9.06. The molecule has 0 aromatic carbocycles. The zero-order valence-corrected chi connectivity index (χ0v) is 45.8. The molecule has 0 aliphatic heterocycles. The second-order valence-corrected chi connectivity index (χ2v) is 31.2. The maximum absolute atomic E-state index is 12.4. The largest absolute Gasteiger partial charge is 0.286 e. The van der Waals surface area contributed by atoms with Gasteiger partial charge in [0.15, 0.2) is 52.0 Å². The summed E-state index contributed by atoms with van der Waals surface area (Å²) >= 11 is 206. The van der Waals surface area contributed by atoms with Gasteiger partial charge in [-0.3, -0.25) is 0 Å². The zero-order valence-electron chi connectivity index (χ0n) is 20.9. The van der Waals surface area contributed by atoms with E-state index in [0.29, 0.717) is 0 Å². The van der Waals surface area contributed by atoms with Crippen LogP contribution in [0.1, 0.15) is 0 Å². The Bertz CT molecular complexity index is 1150. The lowest BCUT2D eigenvalue weighted by atomic mass is 9.97. The van der Waals surface area contributed by atoms with Crippen molar-refractivity contribution in [3.8, 4) is 0 Å². The fourth-order valence-electron chi connectivity index (χ4n) is 2.73. The Morgan fingerprint density at radius 1 is 0.160 bits per heavy atom. The molecule has 0 aromatic rings. The predicted molar refractivity (Wildman–Crippen MR) is 238 cm³/mol. The third-order valence-corrected chi connectivity index (χ3v) is 29.1. The Kier molecular flexibility index (Phi) is 20.7. The summed E-state index contributed by atoms with van der Waals surface area (Å²) in [6.07, 6.45) is 0. The fourth-order valence-corrected chi connectivity index (χ4v) is 13.6. The van der Waals surface area contributed by atoms with Crippen molar-refractivity contribution in [1.82, 2.24) is 0 Å². The van der Waals surface area contributed by atoms with Gasteiger partial charge in [-0.25, -0.2) is 0 Å². The first kappa shape index (κ1) is 59.5. The van der Waals surface area contributed by atoms with E-state index < -0.39 is 69.0 Å². The van der Waals surface area contributed by atoms with E-state index in [0.717, 1.165) is 0 Å². The van der Waals surface area contributed by atoms with Gasteiger partial charge in [-0.2, -0.15) is 5.11 Å². The van der Waals surface area contributed by atoms with Crippen LogP contribution in [0.5, 0.6) is 0 Å². The Morgan fingerprint density at radius 3 is 0.360 bits per heavy atom. The minimum atomic E-state index is -3.65. The van der Waals surface area contributed by atoms with Gasteiger partial charge in [-0.1, -0.05) is 383 Å². The van der Waals surface area contributed by atoms with Gasteiger partial charge in [-0.15, -0.1) is 0 Å². The highest BCUT2D eigenvalue weighted by Gasteiger charge is 2.87. The lowest BCUT2D eigenvalue weighted by Crippen LogP contribution is -2.75. The summed E-state index contributed by atoms with van der Waals surface area (Å²) in [7, 11) is 0. The summed E-state index contributed by atoms with van der Waals surface area (Å²) in [5.41, 5.74) is 0. The van der Waals surface area contributed by atoms with Crippen molar-refractivity contribution < 1.29 is 5.11 Å². The molecule has 1 radical (unpaired) electrons. The van der Waals surface area contributed by atoms with Crippen molar-refractivity contribution in [3.05, 3.63) is 0 Å². The van der Waals surface area contributed by atoms with Crippen molar-refractivity contribution >= 4 is 383 Å². The molecule has 34 heteroatoms. The molecule has 0 saturated heterocycles. The standard InChI is InChI=1S/C16Cl33O/c17-1(18,3(21,22)5(25,26)7(29,30)9(33,34)11(37,38)13(41,42)15(45,46)47)2(19,20)4(23,24)6(27,28)8(31,32)10(35,36)12(39,40)14(43,44)16(48,49)50. The second kappa shape index (κ2) is 17.4. The van der Waals surface area contributed by atoms with E-state index in [2.05, 4.69) is 0 Å². The molecular formula is C16Cl33O. The van der Waals surface area contributed by atoms with Crippen LogP contribution in [-0.4, -0.2) is 69.0 Å². The van der Waals surface area contributed by atoms with Crippen LogP contribution >= 0.6 is 383 Å². The van der Waals surface area contributed by atoms with Crippen molar-refractivity contribution in [2.24, 2.45) is 0 Å². The van der Waals surface area contributed by atoms with Gasteiger partial charge in [-0.05, 0) is 0 Å². The number of halogens is 33. The van der Waals surface area contributed by atoms with E-state index in [1.807, 2.05) is 0 Å². The first-order valence-electron chi connectivity index (χ1n) is 10.2. The molecule has 0 N–H and O–H groups in total. The van der Waals surface area contributed by atoms with Gasteiger partial charge in [0.25, 0.3) is 4.52 Å². The highest BCUT2D eigenvalue weighted by atomic mass is 35.6. The summed E-state index contributed by atoms with van der Waals surface area (Å²) in [5, 5.41) is 12.4. The van der Waals surface area contributed by atoms with Crippen molar-refractivity contribution in [1.29, 1.82) is 0 Å². The minimum absolute atomic E-state index is 2.85. The molecule has 0 aromatic heterocycles. The van der Waals surface area contributed by atoms with E-state index >= 15 is 0 Å². The van der Waals surface area contributed by atoms with Gasteiger partial charge in [0.05, 0.1) is 0 Å². The lowest BCUT2D eigenvalue weighted by molar-refractivity contribution is 0.0980. The molecule has 0 heterocycles. The number of hydrogen-bond donors (Lipinski definition) is 0. The summed E-state index contributed by atoms with van der Waals surface area (Å²) in [6.45, 7) is 0. The van der Waals surface area contributed by atoms with E-state index in [1.165, 1.54) is 0 Å². The smallest absolute Gasteiger partial charge is 0.190 e. The Labute approximate surface area is 449 Å². The Balaban J connectivity index is 7.70. The first-order chi connectivity index (χ1) is 20.8. The van der Waals surface area contributed by atoms with Crippen LogP contribution < -0.4 is 0 Å². The zero-order chi connectivity index (χ0) is 42.0. The third kappa shape index (κ3) is 8.80. The molecule has 0 atom stereocenters. The van der Waals surface area contributed by atoms with Crippen LogP contribution in [-0.2, 0) is 5.11 Å². The average molecular weight is 1380 g/mol. The summed E-state index contributed by atoms with van der Waals surface area (Å²) in [6, 6.07) is 0. The molecule has 0 aliphatic carbocycles. The molecule has 0 aliphatic rings. The Morgan fingerprint density at radius 2 is 0.260 bits per heavy atom. The van der Waals surface area contributed by atoms with Crippen LogP contribution in [0.3, 0.4) is 0 Å². The third-order valence-electron chi connectivity index (χ3n) is 5.85. The van der Waals surface area contributed by atoms with Gasteiger partial charge in [0.1, 0.15) is 0 Å². The van der Waals surface area contributed by atoms with E-state index in [-0.39, 0.29) is 0 Å². The topological polar surface area (TPSA) is 19.9 Å². The molecule has 301 valence electrons. The molecule has 0 amide bonds. The van der Waals surface area contributed by atoms with E-state index in [4.69, 9.17) is 383 Å². The van der Waals surface area contributed by atoms with Crippen LogP contribution in [0.25, 0.3) is 0 Å². The molecule has 0 bridgehead atoms. The summed E-state index contributed by atoms with van der Waals surface area (Å²) in [4.78, 5) is 0. The summed E-state index contributed by atoms with van der Waals surface area (Å²) < 4.78 is -55.3. The van der Waals surface area contributed by atoms with Gasteiger partial charge >= 0.3 is 0 Å². The van der Waals surface area contributed by atoms with Gasteiger partial charge < -0.3 is 0 Å². The van der Waals surface area contributed by atoms with Crippen LogP contribution in [0.15, 0.2) is 0 Å². The molecule has 0 unspecified atom stereocenters. The highest BCUT2D eigenvalue weighted by Crippen LogP contribution is 2.78. The van der Waals surface area contributed by atoms with Gasteiger partial charge in [0, 0.05) is 0 Å². The van der Waals surface area contributed by atoms with Crippen molar-refractivity contribution in [3.63, 3.8) is 0 Å². The van der Waals surface area contributed by atoms with Crippen LogP contribution in [0, 0.1) is 0 Å².